The van der Waals surface area contributed by atoms with Crippen LogP contribution in [0.1, 0.15) is 11.3 Å². The van der Waals surface area contributed by atoms with Crippen molar-refractivity contribution in [3.8, 4) is 5.75 Å². The van der Waals surface area contributed by atoms with E-state index < -0.39 is 36.1 Å². The van der Waals surface area contributed by atoms with E-state index in [0.29, 0.717) is 0 Å². The maximum Gasteiger partial charge on any atom is 0.573 e. The summed E-state index contributed by atoms with van der Waals surface area (Å²) in [6, 6.07) is 0.742. The first-order valence-corrected chi connectivity index (χ1v) is 5.35. The molecular formula is C8H5F6IN2O. The Balaban J connectivity index is 3.39. The van der Waals surface area contributed by atoms with Crippen LogP contribution in [0.2, 0.25) is 0 Å². The third-order valence-corrected chi connectivity index (χ3v) is 2.30. The molecule has 0 atom stereocenters. The van der Waals surface area contributed by atoms with Crippen LogP contribution >= 0.6 is 22.6 Å². The van der Waals surface area contributed by atoms with Gasteiger partial charge < -0.3 is 10.5 Å². The summed E-state index contributed by atoms with van der Waals surface area (Å²) in [4.78, 5) is 3.14. The molecule has 0 saturated carbocycles. The third-order valence-electron chi connectivity index (χ3n) is 1.75. The first kappa shape index (κ1) is 15.3. The van der Waals surface area contributed by atoms with Crippen molar-refractivity contribution in [3.05, 3.63) is 21.0 Å². The number of rotatable bonds is 2. The van der Waals surface area contributed by atoms with Gasteiger partial charge in [-0.05, 0) is 22.6 Å². The minimum absolute atomic E-state index is 0.281. The highest BCUT2D eigenvalue weighted by atomic mass is 127. The van der Waals surface area contributed by atoms with E-state index in [1.807, 2.05) is 0 Å². The van der Waals surface area contributed by atoms with Gasteiger partial charge in [-0.1, -0.05) is 0 Å². The standard InChI is InChI=1S/C8H5F6IN2O/c9-7(10,11)6-3(2-16)4(1-5(15)17-6)18-8(12,13)14/h1H,2,16H2. The molecule has 1 rings (SSSR count). The molecule has 0 aromatic carbocycles. The van der Waals surface area contributed by atoms with Crippen LogP contribution < -0.4 is 10.5 Å². The van der Waals surface area contributed by atoms with Crippen molar-refractivity contribution < 1.29 is 31.1 Å². The Hall–Kier alpha value is -0.780. The number of pyridine rings is 1. The average Bonchev–Trinajstić information content (AvgIpc) is 2.12. The lowest BCUT2D eigenvalue weighted by atomic mass is 10.1. The third kappa shape index (κ3) is 3.86. The smallest absolute Gasteiger partial charge is 0.405 e. The summed E-state index contributed by atoms with van der Waals surface area (Å²) in [7, 11) is 0. The quantitative estimate of drug-likeness (QED) is 0.483. The van der Waals surface area contributed by atoms with Crippen LogP contribution in [0.25, 0.3) is 0 Å². The highest BCUT2D eigenvalue weighted by molar-refractivity contribution is 14.1. The fourth-order valence-corrected chi connectivity index (χ4v) is 1.69. The van der Waals surface area contributed by atoms with Crippen molar-refractivity contribution in [1.82, 2.24) is 4.98 Å². The first-order chi connectivity index (χ1) is 8.04. The van der Waals surface area contributed by atoms with E-state index in [4.69, 9.17) is 5.73 Å². The predicted molar refractivity (Wildman–Crippen MR) is 56.5 cm³/mol. The summed E-state index contributed by atoms with van der Waals surface area (Å²) in [5.74, 6) is -0.989. The molecule has 0 aliphatic heterocycles. The average molecular weight is 386 g/mol. The van der Waals surface area contributed by atoms with Crippen LogP contribution in [-0.2, 0) is 12.7 Å². The Morgan fingerprint density at radius 2 is 1.78 bits per heavy atom. The molecule has 0 spiro atoms. The second kappa shape index (κ2) is 5.07. The zero-order chi connectivity index (χ0) is 14.1. The van der Waals surface area contributed by atoms with Gasteiger partial charge in [-0.2, -0.15) is 13.2 Å². The van der Waals surface area contributed by atoms with E-state index in [1.54, 1.807) is 0 Å². The molecule has 0 aliphatic rings. The summed E-state index contributed by atoms with van der Waals surface area (Å²) in [6.07, 6.45) is -10.0. The number of hydrogen-bond donors (Lipinski definition) is 1. The number of alkyl halides is 6. The van der Waals surface area contributed by atoms with Crippen LogP contribution in [-0.4, -0.2) is 11.3 Å². The minimum atomic E-state index is -5.10. The molecule has 0 bridgehead atoms. The van der Waals surface area contributed by atoms with E-state index >= 15 is 0 Å². The summed E-state index contributed by atoms with van der Waals surface area (Å²) in [5.41, 5.74) is 2.72. The second-order valence-electron chi connectivity index (χ2n) is 3.02. The van der Waals surface area contributed by atoms with Gasteiger partial charge in [0.25, 0.3) is 0 Å². The lowest BCUT2D eigenvalue weighted by Gasteiger charge is -2.17. The molecule has 0 unspecified atom stereocenters. The van der Waals surface area contributed by atoms with Gasteiger partial charge in [-0.25, -0.2) is 4.98 Å². The Morgan fingerprint density at radius 1 is 1.22 bits per heavy atom. The molecule has 2 N–H and O–H groups in total. The molecule has 3 nitrogen and oxygen atoms in total. The topological polar surface area (TPSA) is 48.1 Å². The van der Waals surface area contributed by atoms with Crippen LogP contribution in [0.15, 0.2) is 6.07 Å². The zero-order valence-corrected chi connectivity index (χ0v) is 10.5. The molecule has 0 aliphatic carbocycles. The Morgan fingerprint density at radius 3 is 2.17 bits per heavy atom. The van der Waals surface area contributed by atoms with Gasteiger partial charge in [0.15, 0.2) is 5.69 Å². The highest BCUT2D eigenvalue weighted by Crippen LogP contribution is 2.37. The van der Waals surface area contributed by atoms with Gasteiger partial charge in [0.05, 0.1) is 0 Å². The minimum Gasteiger partial charge on any atom is -0.405 e. The molecule has 0 amide bonds. The molecule has 18 heavy (non-hydrogen) atoms. The Kier molecular flexibility index (Phi) is 4.30. The number of ether oxygens (including phenoxy) is 1. The number of nitrogens with zero attached hydrogens (tertiary/aromatic N) is 1. The lowest BCUT2D eigenvalue weighted by molar-refractivity contribution is -0.275. The number of nitrogens with two attached hydrogens (primary N) is 1. The van der Waals surface area contributed by atoms with Crippen LogP contribution in [0.4, 0.5) is 26.3 Å². The van der Waals surface area contributed by atoms with Gasteiger partial charge in [0, 0.05) is 18.2 Å². The van der Waals surface area contributed by atoms with Gasteiger partial charge in [-0.3, -0.25) is 0 Å². The predicted octanol–water partition coefficient (Wildman–Crippen LogP) is 3.06. The molecule has 0 saturated heterocycles. The number of hydrogen-bond acceptors (Lipinski definition) is 3. The maximum absolute atomic E-state index is 12.6. The van der Waals surface area contributed by atoms with Crippen molar-refractivity contribution in [2.24, 2.45) is 5.73 Å². The Bertz CT molecular complexity index is 444. The van der Waals surface area contributed by atoms with E-state index in [9.17, 15) is 26.3 Å². The van der Waals surface area contributed by atoms with Crippen LogP contribution in [0.5, 0.6) is 5.75 Å². The number of aromatic nitrogens is 1. The number of halogens is 7. The molecule has 1 aromatic heterocycles. The zero-order valence-electron chi connectivity index (χ0n) is 8.36. The van der Waals surface area contributed by atoms with Crippen LogP contribution in [0.3, 0.4) is 0 Å². The summed E-state index contributed by atoms with van der Waals surface area (Å²) >= 11 is 1.36. The second-order valence-corrected chi connectivity index (χ2v) is 4.13. The van der Waals surface area contributed by atoms with Crippen molar-refractivity contribution in [1.29, 1.82) is 0 Å². The van der Waals surface area contributed by atoms with Crippen molar-refractivity contribution in [2.45, 2.75) is 19.1 Å². The van der Waals surface area contributed by atoms with Gasteiger partial charge in [0.2, 0.25) is 0 Å². The highest BCUT2D eigenvalue weighted by Gasteiger charge is 2.39. The van der Waals surface area contributed by atoms with Crippen LogP contribution in [0, 0.1) is 3.70 Å². The molecule has 1 aromatic rings. The fourth-order valence-electron chi connectivity index (χ4n) is 1.17. The first-order valence-electron chi connectivity index (χ1n) is 4.27. The Labute approximate surface area is 110 Å². The van der Waals surface area contributed by atoms with Gasteiger partial charge in [-0.15, -0.1) is 13.2 Å². The molecular weight excluding hydrogens is 381 g/mol. The van der Waals surface area contributed by atoms with E-state index in [1.165, 1.54) is 22.6 Å². The van der Waals surface area contributed by atoms with Crippen molar-refractivity contribution >= 4 is 22.6 Å². The van der Waals surface area contributed by atoms with E-state index in [-0.39, 0.29) is 3.70 Å². The molecule has 1 heterocycles. The molecule has 0 fully saturated rings. The largest absolute Gasteiger partial charge is 0.573 e. The van der Waals surface area contributed by atoms with Gasteiger partial charge in [0.1, 0.15) is 9.45 Å². The van der Waals surface area contributed by atoms with Gasteiger partial charge >= 0.3 is 12.5 Å². The lowest BCUT2D eigenvalue weighted by Crippen LogP contribution is -2.22. The SMILES string of the molecule is NCc1c(OC(F)(F)F)cc(I)nc1C(F)(F)F. The summed E-state index contributed by atoms with van der Waals surface area (Å²) in [5, 5.41) is 0. The molecule has 0 radical (unpaired) electrons. The molecule has 102 valence electrons. The molecule has 10 heteroatoms. The van der Waals surface area contributed by atoms with Crippen molar-refractivity contribution in [3.63, 3.8) is 0 Å². The monoisotopic (exact) mass is 386 g/mol. The fraction of sp³-hybridized carbons (Fsp3) is 0.375. The van der Waals surface area contributed by atoms with E-state index in [2.05, 4.69) is 9.72 Å². The van der Waals surface area contributed by atoms with Crippen molar-refractivity contribution in [2.75, 3.05) is 0 Å². The normalized spacial score (nSPS) is 12.7. The van der Waals surface area contributed by atoms with E-state index in [0.717, 1.165) is 6.07 Å². The summed E-state index contributed by atoms with van der Waals surface area (Å²) < 4.78 is 77.1. The summed E-state index contributed by atoms with van der Waals surface area (Å²) in [6.45, 7) is -0.774. The maximum atomic E-state index is 12.6.